The second kappa shape index (κ2) is 2.80. The first-order valence-corrected chi connectivity index (χ1v) is 1.77. The third-order valence-electron chi connectivity index (χ3n) is 0.567. The third-order valence-corrected chi connectivity index (χ3v) is 0.567. The molecule has 0 N–H and O–H groups in total. The molecule has 0 aliphatic rings. The zero-order chi connectivity index (χ0) is 4.41. The van der Waals surface area contributed by atoms with Crippen molar-refractivity contribution in [2.75, 3.05) is 0 Å². The fourth-order valence-corrected chi connectivity index (χ4v) is 0.279. The molecule has 1 heterocycles. The molecule has 0 saturated heterocycles. The number of rotatable bonds is 0. The van der Waals surface area contributed by atoms with Gasteiger partial charge in [-0.05, 0) is 6.92 Å². The lowest BCUT2D eigenvalue weighted by Gasteiger charge is -1.65. The summed E-state index contributed by atoms with van der Waals surface area (Å²) in [6.07, 6.45) is 1.62. The highest BCUT2D eigenvalue weighted by atomic mass is 79.9. The number of hydrogen-bond acceptors (Lipinski definition) is 2. The van der Waals surface area contributed by atoms with E-state index in [0.717, 1.165) is 5.76 Å². The summed E-state index contributed by atoms with van der Waals surface area (Å²) in [7, 11) is 0. The van der Waals surface area contributed by atoms with Crippen molar-refractivity contribution in [2.24, 2.45) is 0 Å². The first-order valence-electron chi connectivity index (χ1n) is 1.77. The van der Waals surface area contributed by atoms with E-state index in [0.29, 0.717) is 0 Å². The first kappa shape index (κ1) is 6.69. The van der Waals surface area contributed by atoms with Gasteiger partial charge >= 0.3 is 0 Å². The molecule has 0 atom stereocenters. The highest BCUT2D eigenvalue weighted by Gasteiger charge is 1.78. The average Bonchev–Trinajstić information content (AvgIpc) is 1.86. The largest absolute Gasteiger partial charge is 0.362 e. The number of aryl methyl sites for hydroxylation is 1. The van der Waals surface area contributed by atoms with Crippen LogP contribution in [-0.4, -0.2) is 5.16 Å². The van der Waals surface area contributed by atoms with Gasteiger partial charge in [0.1, 0.15) is 5.76 Å². The summed E-state index contributed by atoms with van der Waals surface area (Å²) in [4.78, 5) is 0. The second-order valence-electron chi connectivity index (χ2n) is 1.12. The van der Waals surface area contributed by atoms with E-state index in [1.165, 1.54) is 0 Å². The van der Waals surface area contributed by atoms with Crippen LogP contribution in [0.25, 0.3) is 0 Å². The predicted octanol–water partition coefficient (Wildman–Crippen LogP) is 1.56. The number of nitrogens with zero attached hydrogens (tertiary/aromatic N) is 1. The molecule has 40 valence electrons. The number of aromatic nitrogens is 1. The molecule has 0 fully saturated rings. The van der Waals surface area contributed by atoms with Crippen LogP contribution in [0.4, 0.5) is 0 Å². The minimum absolute atomic E-state index is 0. The van der Waals surface area contributed by atoms with Gasteiger partial charge in [0.25, 0.3) is 0 Å². The Hall–Kier alpha value is -0.310. The van der Waals surface area contributed by atoms with Gasteiger partial charge < -0.3 is 4.52 Å². The molecule has 0 aromatic carbocycles. The van der Waals surface area contributed by atoms with Crippen LogP contribution in [0.5, 0.6) is 0 Å². The van der Waals surface area contributed by atoms with Gasteiger partial charge in [-0.1, -0.05) is 5.16 Å². The first-order chi connectivity index (χ1) is 2.89. The van der Waals surface area contributed by atoms with Crippen LogP contribution in [0.15, 0.2) is 16.8 Å². The van der Waals surface area contributed by atoms with E-state index >= 15 is 0 Å². The molecule has 0 amide bonds. The van der Waals surface area contributed by atoms with E-state index < -0.39 is 0 Å². The molecule has 1 aromatic heterocycles. The van der Waals surface area contributed by atoms with Gasteiger partial charge in [0.15, 0.2) is 0 Å². The van der Waals surface area contributed by atoms with Crippen molar-refractivity contribution < 1.29 is 4.52 Å². The molecule has 0 aliphatic carbocycles. The topological polar surface area (TPSA) is 26.0 Å². The van der Waals surface area contributed by atoms with Gasteiger partial charge in [-0.15, -0.1) is 17.0 Å². The Morgan fingerprint density at radius 1 is 1.71 bits per heavy atom. The Kier molecular flexibility index (Phi) is 2.67. The molecule has 0 spiro atoms. The zero-order valence-electron chi connectivity index (χ0n) is 3.92. The number of hydrogen-bond donors (Lipinski definition) is 0. The standard InChI is InChI=1S/C4H5NO.BrH/c1-4-2-3-5-6-4;/h2-3H,1H3;1H. The Labute approximate surface area is 52.3 Å². The van der Waals surface area contributed by atoms with Crippen LogP contribution in [0.1, 0.15) is 5.76 Å². The monoisotopic (exact) mass is 163 g/mol. The van der Waals surface area contributed by atoms with Crippen LogP contribution in [0.2, 0.25) is 0 Å². The van der Waals surface area contributed by atoms with Gasteiger partial charge in [0.05, 0.1) is 6.20 Å². The van der Waals surface area contributed by atoms with Gasteiger partial charge in [-0.2, -0.15) is 0 Å². The maximum atomic E-state index is 4.58. The quantitative estimate of drug-likeness (QED) is 0.581. The molecule has 3 heteroatoms. The molecular formula is C4H6BrNO. The highest BCUT2D eigenvalue weighted by molar-refractivity contribution is 8.93. The maximum Gasteiger partial charge on any atom is 0.133 e. The summed E-state index contributed by atoms with van der Waals surface area (Å²) in [5, 5.41) is 3.45. The van der Waals surface area contributed by atoms with Gasteiger partial charge in [-0.3, -0.25) is 0 Å². The van der Waals surface area contributed by atoms with Crippen LogP contribution < -0.4 is 0 Å². The highest BCUT2D eigenvalue weighted by Crippen LogP contribution is 1.88. The van der Waals surface area contributed by atoms with Gasteiger partial charge in [-0.25, -0.2) is 0 Å². The minimum Gasteiger partial charge on any atom is -0.362 e. The molecule has 0 aliphatic heterocycles. The van der Waals surface area contributed by atoms with Crippen molar-refractivity contribution >= 4 is 17.0 Å². The van der Waals surface area contributed by atoms with Gasteiger partial charge in [0, 0.05) is 6.07 Å². The summed E-state index contributed by atoms with van der Waals surface area (Å²) in [6.45, 7) is 1.85. The van der Waals surface area contributed by atoms with Crippen LogP contribution in [-0.2, 0) is 0 Å². The molecule has 0 unspecified atom stereocenters. The molecule has 7 heavy (non-hydrogen) atoms. The Morgan fingerprint density at radius 2 is 2.43 bits per heavy atom. The molecular weight excluding hydrogens is 158 g/mol. The molecule has 0 saturated carbocycles. The summed E-state index contributed by atoms with van der Waals surface area (Å²) in [5.74, 6) is 0.856. The van der Waals surface area contributed by atoms with Crippen molar-refractivity contribution in [1.29, 1.82) is 0 Å². The summed E-state index contributed by atoms with van der Waals surface area (Å²) >= 11 is 0. The zero-order valence-corrected chi connectivity index (χ0v) is 5.63. The smallest absolute Gasteiger partial charge is 0.133 e. The Balaban J connectivity index is 0.000000360. The molecule has 0 bridgehead atoms. The second-order valence-corrected chi connectivity index (χ2v) is 1.12. The van der Waals surface area contributed by atoms with Crippen molar-refractivity contribution in [3.8, 4) is 0 Å². The fourth-order valence-electron chi connectivity index (χ4n) is 0.279. The normalized spacial score (nSPS) is 7.57. The van der Waals surface area contributed by atoms with Crippen LogP contribution in [0.3, 0.4) is 0 Å². The Bertz CT molecular complexity index is 115. The van der Waals surface area contributed by atoms with Gasteiger partial charge in [0.2, 0.25) is 0 Å². The molecule has 1 aromatic rings. The molecule has 2 nitrogen and oxygen atoms in total. The number of halogens is 1. The van der Waals surface area contributed by atoms with E-state index in [9.17, 15) is 0 Å². The van der Waals surface area contributed by atoms with Crippen LogP contribution >= 0.6 is 17.0 Å². The maximum absolute atomic E-state index is 4.58. The van der Waals surface area contributed by atoms with Crippen LogP contribution in [0, 0.1) is 6.92 Å². The van der Waals surface area contributed by atoms with E-state index in [2.05, 4.69) is 9.68 Å². The van der Waals surface area contributed by atoms with Crippen molar-refractivity contribution in [3.63, 3.8) is 0 Å². The van der Waals surface area contributed by atoms with Crippen molar-refractivity contribution in [1.82, 2.24) is 5.16 Å². The summed E-state index contributed by atoms with van der Waals surface area (Å²) in [6, 6.07) is 1.81. The third kappa shape index (κ3) is 1.73. The van der Waals surface area contributed by atoms with E-state index in [-0.39, 0.29) is 17.0 Å². The molecule has 0 radical (unpaired) electrons. The lowest BCUT2D eigenvalue weighted by atomic mass is 10.5. The fraction of sp³-hybridized carbons (Fsp3) is 0.250. The Morgan fingerprint density at radius 3 is 2.57 bits per heavy atom. The molecule has 1 rings (SSSR count). The van der Waals surface area contributed by atoms with Crippen molar-refractivity contribution in [2.45, 2.75) is 6.92 Å². The SMILES string of the molecule is Br.Cc1ccno1. The summed E-state index contributed by atoms with van der Waals surface area (Å²) in [5.41, 5.74) is 0. The lowest BCUT2D eigenvalue weighted by Crippen LogP contribution is -1.50. The van der Waals surface area contributed by atoms with Crippen molar-refractivity contribution in [3.05, 3.63) is 18.0 Å². The summed E-state index contributed by atoms with van der Waals surface area (Å²) < 4.78 is 4.58. The minimum atomic E-state index is 0. The van der Waals surface area contributed by atoms with E-state index in [1.807, 2.05) is 6.92 Å². The predicted molar refractivity (Wildman–Crippen MR) is 31.6 cm³/mol. The van der Waals surface area contributed by atoms with E-state index in [4.69, 9.17) is 0 Å². The lowest BCUT2D eigenvalue weighted by molar-refractivity contribution is 0.397. The average molecular weight is 164 g/mol. The van der Waals surface area contributed by atoms with E-state index in [1.54, 1.807) is 12.3 Å².